The molecule has 1 fully saturated rings. The lowest BCUT2D eigenvalue weighted by atomic mass is 9.90. The maximum absolute atomic E-state index is 12.5. The van der Waals surface area contributed by atoms with E-state index in [1.165, 1.54) is 31.2 Å². The number of carboxylic acids is 1. The van der Waals surface area contributed by atoms with Gasteiger partial charge in [-0.15, -0.1) is 0 Å². The Morgan fingerprint density at radius 3 is 2.48 bits per heavy atom. The van der Waals surface area contributed by atoms with Gasteiger partial charge >= 0.3 is 5.97 Å². The molecule has 23 heavy (non-hydrogen) atoms. The standard InChI is InChI=1S/C14H17F2NO5S/c1-14(13(18)19)6-7-17(9-14)23(20,21)11-4-2-10(3-5-11)22-8-12(15)16/h2-5,12H,6-9H2,1H3,(H,18,19). The maximum Gasteiger partial charge on any atom is 0.310 e. The summed E-state index contributed by atoms with van der Waals surface area (Å²) in [6.45, 7) is 0.754. The zero-order valence-corrected chi connectivity index (χ0v) is 13.2. The van der Waals surface area contributed by atoms with Crippen LogP contribution in [0.4, 0.5) is 8.78 Å². The van der Waals surface area contributed by atoms with Crippen molar-refractivity contribution in [3.63, 3.8) is 0 Å². The molecule has 1 heterocycles. The first-order valence-electron chi connectivity index (χ1n) is 6.90. The van der Waals surface area contributed by atoms with E-state index in [4.69, 9.17) is 9.84 Å². The van der Waals surface area contributed by atoms with Gasteiger partial charge in [0.1, 0.15) is 12.4 Å². The molecule has 1 atom stereocenters. The van der Waals surface area contributed by atoms with Crippen LogP contribution >= 0.6 is 0 Å². The van der Waals surface area contributed by atoms with Crippen molar-refractivity contribution < 1.29 is 31.8 Å². The number of carboxylic acid groups (broad SMARTS) is 1. The molecule has 1 aromatic carbocycles. The number of nitrogens with zero attached hydrogens (tertiary/aromatic N) is 1. The summed E-state index contributed by atoms with van der Waals surface area (Å²) in [5.41, 5.74) is -1.10. The first kappa shape index (κ1) is 17.6. The van der Waals surface area contributed by atoms with Crippen LogP contribution in [0.2, 0.25) is 0 Å². The lowest BCUT2D eigenvalue weighted by Gasteiger charge is -2.20. The van der Waals surface area contributed by atoms with Gasteiger partial charge in [0, 0.05) is 13.1 Å². The second-order valence-electron chi connectivity index (χ2n) is 5.63. The molecule has 0 bridgehead atoms. The molecule has 0 amide bonds. The van der Waals surface area contributed by atoms with Crippen LogP contribution in [0, 0.1) is 5.41 Å². The highest BCUT2D eigenvalue weighted by Crippen LogP contribution is 2.34. The number of hydrogen-bond acceptors (Lipinski definition) is 4. The van der Waals surface area contributed by atoms with E-state index in [9.17, 15) is 22.0 Å². The molecule has 0 saturated carbocycles. The van der Waals surface area contributed by atoms with Crippen LogP contribution in [0.3, 0.4) is 0 Å². The van der Waals surface area contributed by atoms with E-state index in [1.807, 2.05) is 0 Å². The van der Waals surface area contributed by atoms with Crippen molar-refractivity contribution in [2.75, 3.05) is 19.7 Å². The van der Waals surface area contributed by atoms with Gasteiger partial charge in [-0.3, -0.25) is 4.79 Å². The summed E-state index contributed by atoms with van der Waals surface area (Å²) in [4.78, 5) is 11.2. The van der Waals surface area contributed by atoms with Gasteiger partial charge in [0.05, 0.1) is 10.3 Å². The molecule has 1 unspecified atom stereocenters. The molecule has 1 aromatic rings. The predicted octanol–water partition coefficient (Wildman–Crippen LogP) is 1.82. The van der Waals surface area contributed by atoms with Crippen LogP contribution in [-0.4, -0.2) is 49.9 Å². The quantitative estimate of drug-likeness (QED) is 0.847. The van der Waals surface area contributed by atoms with Crippen LogP contribution in [0.25, 0.3) is 0 Å². The molecule has 0 aliphatic carbocycles. The highest BCUT2D eigenvalue weighted by atomic mass is 32.2. The average Bonchev–Trinajstić information content (AvgIpc) is 2.90. The average molecular weight is 349 g/mol. The van der Waals surface area contributed by atoms with Gasteiger partial charge in [0.25, 0.3) is 6.43 Å². The summed E-state index contributed by atoms with van der Waals surface area (Å²) in [7, 11) is -3.83. The maximum atomic E-state index is 12.5. The fourth-order valence-corrected chi connectivity index (χ4v) is 3.88. The number of alkyl halides is 2. The van der Waals surface area contributed by atoms with Crippen LogP contribution in [0.1, 0.15) is 13.3 Å². The number of sulfonamides is 1. The van der Waals surface area contributed by atoms with E-state index in [0.717, 1.165) is 4.31 Å². The molecular formula is C14H17F2NO5S. The first-order valence-corrected chi connectivity index (χ1v) is 8.34. The molecule has 1 aliphatic heterocycles. The normalized spacial score (nSPS) is 22.4. The lowest BCUT2D eigenvalue weighted by molar-refractivity contribution is -0.146. The van der Waals surface area contributed by atoms with Crippen molar-refractivity contribution in [3.8, 4) is 5.75 Å². The smallest absolute Gasteiger partial charge is 0.310 e. The minimum absolute atomic E-state index is 0.0310. The molecule has 1 saturated heterocycles. The van der Waals surface area contributed by atoms with Crippen LogP contribution in [-0.2, 0) is 14.8 Å². The second kappa shape index (κ2) is 6.40. The van der Waals surface area contributed by atoms with E-state index in [0.29, 0.717) is 0 Å². The second-order valence-corrected chi connectivity index (χ2v) is 7.57. The van der Waals surface area contributed by atoms with Crippen molar-refractivity contribution in [1.82, 2.24) is 4.31 Å². The van der Waals surface area contributed by atoms with E-state index >= 15 is 0 Å². The third-order valence-electron chi connectivity index (χ3n) is 3.79. The van der Waals surface area contributed by atoms with Gasteiger partial charge in [-0.1, -0.05) is 0 Å². The number of rotatable bonds is 6. The van der Waals surface area contributed by atoms with Crippen LogP contribution in [0.15, 0.2) is 29.2 Å². The highest BCUT2D eigenvalue weighted by Gasteiger charge is 2.44. The van der Waals surface area contributed by atoms with Gasteiger partial charge in [-0.05, 0) is 37.6 Å². The Morgan fingerprint density at radius 1 is 1.39 bits per heavy atom. The number of benzene rings is 1. The first-order chi connectivity index (χ1) is 10.6. The van der Waals surface area contributed by atoms with Gasteiger partial charge < -0.3 is 9.84 Å². The number of aliphatic carboxylic acids is 1. The summed E-state index contributed by atoms with van der Waals surface area (Å²) in [5, 5.41) is 9.17. The SMILES string of the molecule is CC1(C(=O)O)CCN(S(=O)(=O)c2ccc(OCC(F)F)cc2)C1. The monoisotopic (exact) mass is 349 g/mol. The third kappa shape index (κ3) is 3.78. The van der Waals surface area contributed by atoms with Gasteiger partial charge in [-0.2, -0.15) is 4.31 Å². The number of hydrogen-bond donors (Lipinski definition) is 1. The molecule has 128 valence electrons. The minimum atomic E-state index is -3.83. The molecule has 0 aromatic heterocycles. The number of ether oxygens (including phenoxy) is 1. The summed E-state index contributed by atoms with van der Waals surface area (Å²) >= 11 is 0. The Bertz CT molecular complexity index is 677. The molecule has 0 spiro atoms. The van der Waals surface area contributed by atoms with E-state index in [2.05, 4.69) is 0 Å². The van der Waals surface area contributed by atoms with Gasteiger partial charge in [-0.25, -0.2) is 17.2 Å². The molecule has 9 heteroatoms. The molecule has 2 rings (SSSR count). The summed E-state index contributed by atoms with van der Waals surface area (Å²) in [6.07, 6.45) is -2.38. The van der Waals surface area contributed by atoms with Gasteiger partial charge in [0.2, 0.25) is 10.0 Å². The molecule has 6 nitrogen and oxygen atoms in total. The van der Waals surface area contributed by atoms with Gasteiger partial charge in [0.15, 0.2) is 0 Å². The summed E-state index contributed by atoms with van der Waals surface area (Å²) < 4.78 is 55.0. The fraction of sp³-hybridized carbons (Fsp3) is 0.500. The lowest BCUT2D eigenvalue weighted by Crippen LogP contribution is -2.34. The summed E-state index contributed by atoms with van der Waals surface area (Å²) in [5.74, 6) is -0.896. The Hall–Kier alpha value is -1.74. The number of carbonyl (C=O) groups is 1. The highest BCUT2D eigenvalue weighted by molar-refractivity contribution is 7.89. The van der Waals surface area contributed by atoms with E-state index in [-0.39, 0.29) is 30.2 Å². The molecule has 0 radical (unpaired) electrons. The Labute approximate surface area is 132 Å². The zero-order valence-electron chi connectivity index (χ0n) is 12.4. The molecule has 1 aliphatic rings. The van der Waals surface area contributed by atoms with Crippen LogP contribution < -0.4 is 4.74 Å². The Kier molecular flexibility index (Phi) is 4.90. The van der Waals surface area contributed by atoms with Crippen molar-refractivity contribution in [2.45, 2.75) is 24.7 Å². The Balaban J connectivity index is 2.13. The minimum Gasteiger partial charge on any atom is -0.488 e. The van der Waals surface area contributed by atoms with Crippen LogP contribution in [0.5, 0.6) is 5.75 Å². The topological polar surface area (TPSA) is 83.9 Å². The van der Waals surface area contributed by atoms with E-state index in [1.54, 1.807) is 0 Å². The Morgan fingerprint density at radius 2 is 2.00 bits per heavy atom. The van der Waals surface area contributed by atoms with E-state index < -0.39 is 34.4 Å². The fourth-order valence-electron chi connectivity index (χ4n) is 2.31. The van der Waals surface area contributed by atoms with Crippen molar-refractivity contribution >= 4 is 16.0 Å². The summed E-state index contributed by atoms with van der Waals surface area (Å²) in [6, 6.07) is 5.10. The molecular weight excluding hydrogens is 332 g/mol. The number of halogens is 2. The molecule has 1 N–H and O–H groups in total. The van der Waals surface area contributed by atoms with Crippen molar-refractivity contribution in [2.24, 2.45) is 5.41 Å². The van der Waals surface area contributed by atoms with Crippen molar-refractivity contribution in [1.29, 1.82) is 0 Å². The largest absolute Gasteiger partial charge is 0.488 e. The van der Waals surface area contributed by atoms with Crippen molar-refractivity contribution in [3.05, 3.63) is 24.3 Å². The third-order valence-corrected chi connectivity index (χ3v) is 5.65. The zero-order chi connectivity index (χ0) is 17.3. The predicted molar refractivity (Wildman–Crippen MR) is 77.1 cm³/mol.